The van der Waals surface area contributed by atoms with Crippen molar-refractivity contribution in [1.82, 2.24) is 4.98 Å². The first kappa shape index (κ1) is 9.85. The Bertz CT molecular complexity index is 360. The number of rotatable bonds is 2. The van der Waals surface area contributed by atoms with E-state index in [1.807, 2.05) is 4.98 Å². The number of aryl methyl sites for hydroxylation is 1. The van der Waals surface area contributed by atoms with Crippen LogP contribution in [0.5, 0.6) is 0 Å². The zero-order valence-electron chi connectivity index (χ0n) is 6.97. The molecule has 0 aliphatic rings. The number of aromatic amines is 1. The highest BCUT2D eigenvalue weighted by Crippen LogP contribution is 2.21. The topological polar surface area (TPSA) is 53.1 Å². The number of hydrogen-bond acceptors (Lipinski definition) is 2. The van der Waals surface area contributed by atoms with Crippen molar-refractivity contribution in [2.45, 2.75) is 20.0 Å². The van der Waals surface area contributed by atoms with Gasteiger partial charge in [-0.2, -0.15) is 0 Å². The summed E-state index contributed by atoms with van der Waals surface area (Å²) in [5.41, 5.74) is -0.603. The van der Waals surface area contributed by atoms with Gasteiger partial charge in [0.25, 0.3) is 6.43 Å². The Morgan fingerprint density at radius 2 is 2.23 bits per heavy atom. The predicted molar refractivity (Wildman–Crippen MR) is 42.7 cm³/mol. The van der Waals surface area contributed by atoms with E-state index < -0.39 is 24.3 Å². The van der Waals surface area contributed by atoms with Crippen LogP contribution in [-0.2, 0) is 6.61 Å². The fraction of sp³-hybridized carbons (Fsp3) is 0.375. The number of hydrogen-bond donors (Lipinski definition) is 2. The zero-order chi connectivity index (χ0) is 10.0. The molecule has 13 heavy (non-hydrogen) atoms. The van der Waals surface area contributed by atoms with Gasteiger partial charge < -0.3 is 10.1 Å². The fourth-order valence-electron chi connectivity index (χ4n) is 1.14. The second-order valence-electron chi connectivity index (χ2n) is 2.67. The molecule has 1 heterocycles. The van der Waals surface area contributed by atoms with E-state index in [1.54, 1.807) is 0 Å². The number of halogens is 2. The van der Waals surface area contributed by atoms with Crippen molar-refractivity contribution in [3.63, 3.8) is 0 Å². The van der Waals surface area contributed by atoms with E-state index >= 15 is 0 Å². The van der Waals surface area contributed by atoms with E-state index in [1.165, 1.54) is 13.0 Å². The number of aliphatic hydroxyl groups excluding tert-OH is 1. The van der Waals surface area contributed by atoms with Gasteiger partial charge in [-0.3, -0.25) is 4.79 Å². The van der Waals surface area contributed by atoms with Gasteiger partial charge in [-0.05, 0) is 12.5 Å². The van der Waals surface area contributed by atoms with Crippen LogP contribution in [0.4, 0.5) is 8.78 Å². The summed E-state index contributed by atoms with van der Waals surface area (Å²) >= 11 is 0. The molecule has 0 radical (unpaired) electrons. The minimum Gasteiger partial charge on any atom is -0.392 e. The minimum absolute atomic E-state index is 0.0922. The van der Waals surface area contributed by atoms with E-state index in [-0.39, 0.29) is 5.56 Å². The van der Waals surface area contributed by atoms with E-state index in [0.29, 0.717) is 5.56 Å². The van der Waals surface area contributed by atoms with Crippen LogP contribution in [0.1, 0.15) is 23.2 Å². The summed E-state index contributed by atoms with van der Waals surface area (Å²) in [6.45, 7) is 1.01. The summed E-state index contributed by atoms with van der Waals surface area (Å²) in [5.74, 6) is 0. The third-order valence-electron chi connectivity index (χ3n) is 1.78. The lowest BCUT2D eigenvalue weighted by molar-refractivity contribution is 0.141. The van der Waals surface area contributed by atoms with Crippen molar-refractivity contribution in [2.75, 3.05) is 0 Å². The first-order chi connectivity index (χ1) is 6.06. The van der Waals surface area contributed by atoms with Gasteiger partial charge >= 0.3 is 0 Å². The number of alkyl halides is 2. The summed E-state index contributed by atoms with van der Waals surface area (Å²) < 4.78 is 24.6. The van der Waals surface area contributed by atoms with E-state index in [9.17, 15) is 13.6 Å². The van der Waals surface area contributed by atoms with Gasteiger partial charge in [-0.15, -0.1) is 0 Å². The summed E-state index contributed by atoms with van der Waals surface area (Å²) in [4.78, 5) is 12.8. The number of aliphatic hydroxyl groups is 1. The molecule has 3 nitrogen and oxygen atoms in total. The monoisotopic (exact) mass is 189 g/mol. The molecule has 0 spiro atoms. The van der Waals surface area contributed by atoms with Crippen LogP contribution in [0.25, 0.3) is 0 Å². The molecule has 5 heteroatoms. The molecule has 0 unspecified atom stereocenters. The molecule has 0 bridgehead atoms. The Balaban J connectivity index is 3.38. The third-order valence-corrected chi connectivity index (χ3v) is 1.78. The number of aromatic nitrogens is 1. The molecular formula is C8H9F2NO2. The molecule has 0 saturated carbocycles. The Morgan fingerprint density at radius 3 is 2.69 bits per heavy atom. The number of pyridine rings is 1. The summed E-state index contributed by atoms with van der Waals surface area (Å²) in [7, 11) is 0. The van der Waals surface area contributed by atoms with Gasteiger partial charge in [-0.1, -0.05) is 0 Å². The lowest BCUT2D eigenvalue weighted by Crippen LogP contribution is -2.13. The van der Waals surface area contributed by atoms with E-state index in [4.69, 9.17) is 5.11 Å². The van der Waals surface area contributed by atoms with Gasteiger partial charge in [-0.25, -0.2) is 8.78 Å². The smallest absolute Gasteiger partial charge is 0.278 e. The second kappa shape index (κ2) is 3.66. The highest BCUT2D eigenvalue weighted by molar-refractivity contribution is 5.28. The van der Waals surface area contributed by atoms with Crippen molar-refractivity contribution in [2.24, 2.45) is 0 Å². The highest BCUT2D eigenvalue weighted by Gasteiger charge is 2.15. The zero-order valence-corrected chi connectivity index (χ0v) is 6.97. The highest BCUT2D eigenvalue weighted by atomic mass is 19.3. The second-order valence-corrected chi connectivity index (χ2v) is 2.67. The summed E-state index contributed by atoms with van der Waals surface area (Å²) in [5, 5.41) is 8.78. The van der Waals surface area contributed by atoms with E-state index in [2.05, 4.69) is 0 Å². The Hall–Kier alpha value is -1.23. The van der Waals surface area contributed by atoms with Crippen molar-refractivity contribution < 1.29 is 13.9 Å². The van der Waals surface area contributed by atoms with Gasteiger partial charge in [0, 0.05) is 11.6 Å². The maximum Gasteiger partial charge on any atom is 0.278 e. The maximum atomic E-state index is 12.3. The largest absolute Gasteiger partial charge is 0.392 e. The number of H-pyrrole nitrogens is 1. The van der Waals surface area contributed by atoms with Crippen LogP contribution in [0.3, 0.4) is 0 Å². The van der Waals surface area contributed by atoms with Crippen LogP contribution in [0, 0.1) is 6.92 Å². The number of nitrogens with one attached hydrogen (secondary N) is 1. The van der Waals surface area contributed by atoms with E-state index in [0.717, 1.165) is 0 Å². The van der Waals surface area contributed by atoms with Gasteiger partial charge in [0.05, 0.1) is 12.3 Å². The lowest BCUT2D eigenvalue weighted by Gasteiger charge is -2.08. The van der Waals surface area contributed by atoms with Gasteiger partial charge in [0.2, 0.25) is 5.56 Å². The molecular weight excluding hydrogens is 180 g/mol. The Labute approximate surface area is 73.0 Å². The quantitative estimate of drug-likeness (QED) is 0.732. The van der Waals surface area contributed by atoms with Crippen LogP contribution >= 0.6 is 0 Å². The molecule has 1 rings (SSSR count). The van der Waals surface area contributed by atoms with Gasteiger partial charge in [0.1, 0.15) is 0 Å². The molecule has 0 fully saturated rings. The van der Waals surface area contributed by atoms with Crippen molar-refractivity contribution in [1.29, 1.82) is 0 Å². The van der Waals surface area contributed by atoms with Crippen LogP contribution in [-0.4, -0.2) is 10.1 Å². The Kier molecular flexibility index (Phi) is 2.77. The molecule has 0 amide bonds. The maximum absolute atomic E-state index is 12.3. The van der Waals surface area contributed by atoms with Gasteiger partial charge in [0.15, 0.2) is 0 Å². The van der Waals surface area contributed by atoms with Crippen molar-refractivity contribution in [3.05, 3.63) is 33.2 Å². The molecule has 0 atom stereocenters. The van der Waals surface area contributed by atoms with Crippen LogP contribution in [0.15, 0.2) is 10.9 Å². The van der Waals surface area contributed by atoms with Crippen LogP contribution < -0.4 is 5.56 Å². The molecule has 1 aromatic rings. The summed E-state index contributed by atoms with van der Waals surface area (Å²) in [6, 6.07) is 1.18. The Morgan fingerprint density at radius 1 is 1.62 bits per heavy atom. The molecule has 0 aliphatic carbocycles. The molecule has 72 valence electrons. The third kappa shape index (κ3) is 1.92. The molecule has 0 saturated heterocycles. The van der Waals surface area contributed by atoms with Crippen molar-refractivity contribution >= 4 is 0 Å². The van der Waals surface area contributed by atoms with Crippen LogP contribution in [0.2, 0.25) is 0 Å². The van der Waals surface area contributed by atoms with Crippen molar-refractivity contribution in [3.8, 4) is 0 Å². The molecule has 0 aliphatic heterocycles. The fourth-order valence-corrected chi connectivity index (χ4v) is 1.14. The molecule has 2 N–H and O–H groups in total. The summed E-state index contributed by atoms with van der Waals surface area (Å²) in [6.07, 6.45) is -2.77. The molecule has 1 aromatic heterocycles. The molecule has 0 aromatic carbocycles. The SMILES string of the molecule is Cc1cc(=O)[nH]c(C(F)F)c1CO. The predicted octanol–water partition coefficient (Wildman–Crippen LogP) is 1.11. The minimum atomic E-state index is -2.77. The lowest BCUT2D eigenvalue weighted by atomic mass is 10.1. The average molecular weight is 189 g/mol. The standard InChI is InChI=1S/C8H9F2NO2/c1-4-2-6(13)11-7(8(9)10)5(4)3-12/h2,8,12H,3H2,1H3,(H,11,13). The first-order valence-corrected chi connectivity index (χ1v) is 3.68. The first-order valence-electron chi connectivity index (χ1n) is 3.68. The normalized spacial score (nSPS) is 10.8. The average Bonchev–Trinajstić information content (AvgIpc) is 2.02.